The van der Waals surface area contributed by atoms with Crippen molar-refractivity contribution in [2.24, 2.45) is 0 Å². The molecule has 7 nitrogen and oxygen atoms in total. The Labute approximate surface area is 178 Å². The van der Waals surface area contributed by atoms with Gasteiger partial charge in [0, 0.05) is 18.7 Å². The van der Waals surface area contributed by atoms with E-state index in [2.05, 4.69) is 4.72 Å². The second kappa shape index (κ2) is 9.06. The molecule has 0 saturated carbocycles. The topological polar surface area (TPSA) is 84.9 Å². The largest absolute Gasteiger partial charge is 0.493 e. The number of benzene rings is 2. The standard InChI is InChI=1S/C22H28N2O5S/c1-5-23-30(26,27)17-10-8-15(2)18(14-17)22(25)24-12-6-7-19(24)16-9-11-20(28-3)21(13-16)29-4/h8-11,13-14,19,23H,5-7,12H2,1-4H3/t19-/m0/s1. The normalized spacial score (nSPS) is 16.5. The molecule has 3 rings (SSSR count). The number of hydrogen-bond donors (Lipinski definition) is 1. The van der Waals surface area contributed by atoms with E-state index in [0.29, 0.717) is 23.6 Å². The van der Waals surface area contributed by atoms with Gasteiger partial charge in [0.25, 0.3) is 5.91 Å². The Morgan fingerprint density at radius 2 is 1.87 bits per heavy atom. The molecule has 2 aromatic carbocycles. The summed E-state index contributed by atoms with van der Waals surface area (Å²) in [5.74, 6) is 1.08. The molecule has 1 aliphatic rings. The maximum Gasteiger partial charge on any atom is 0.254 e. The third-order valence-electron chi connectivity index (χ3n) is 5.39. The summed E-state index contributed by atoms with van der Waals surface area (Å²) < 4.78 is 38.0. The molecule has 1 saturated heterocycles. The van der Waals surface area contributed by atoms with Crippen LogP contribution in [0.2, 0.25) is 0 Å². The summed E-state index contributed by atoms with van der Waals surface area (Å²) in [6, 6.07) is 10.2. The number of nitrogens with zero attached hydrogens (tertiary/aromatic N) is 1. The first-order valence-electron chi connectivity index (χ1n) is 9.95. The molecule has 1 heterocycles. The van der Waals surface area contributed by atoms with Gasteiger partial charge in [-0.1, -0.05) is 19.1 Å². The van der Waals surface area contributed by atoms with Gasteiger partial charge in [-0.05, 0) is 55.2 Å². The minimum Gasteiger partial charge on any atom is -0.493 e. The average molecular weight is 433 g/mol. The molecule has 162 valence electrons. The number of carbonyl (C=O) groups excluding carboxylic acids is 1. The Hall–Kier alpha value is -2.58. The van der Waals surface area contributed by atoms with E-state index in [-0.39, 0.29) is 23.4 Å². The fourth-order valence-electron chi connectivity index (χ4n) is 3.84. The molecule has 1 fully saturated rings. The molecule has 2 aromatic rings. The van der Waals surface area contributed by atoms with E-state index < -0.39 is 10.0 Å². The number of hydrogen-bond acceptors (Lipinski definition) is 5. The van der Waals surface area contributed by atoms with Crippen molar-refractivity contribution in [3.05, 3.63) is 53.1 Å². The highest BCUT2D eigenvalue weighted by atomic mass is 32.2. The van der Waals surface area contributed by atoms with Crippen LogP contribution >= 0.6 is 0 Å². The Kier molecular flexibility index (Phi) is 6.67. The van der Waals surface area contributed by atoms with Crippen LogP contribution < -0.4 is 14.2 Å². The SMILES string of the molecule is CCNS(=O)(=O)c1ccc(C)c(C(=O)N2CCC[C@H]2c2ccc(OC)c(OC)c2)c1. The molecule has 0 spiro atoms. The quantitative estimate of drug-likeness (QED) is 0.726. The highest BCUT2D eigenvalue weighted by Gasteiger charge is 2.32. The lowest BCUT2D eigenvalue weighted by molar-refractivity contribution is 0.0734. The molecule has 0 aliphatic carbocycles. The summed E-state index contributed by atoms with van der Waals surface area (Å²) in [5.41, 5.74) is 2.11. The highest BCUT2D eigenvalue weighted by Crippen LogP contribution is 2.38. The molecule has 1 atom stereocenters. The predicted octanol–water partition coefficient (Wildman–Crippen LogP) is 3.29. The Balaban J connectivity index is 1.95. The second-order valence-electron chi connectivity index (χ2n) is 7.25. The van der Waals surface area contributed by atoms with Crippen molar-refractivity contribution in [3.8, 4) is 11.5 Å². The summed E-state index contributed by atoms with van der Waals surface area (Å²) in [4.78, 5) is 15.3. The zero-order valence-corrected chi connectivity index (χ0v) is 18.6. The van der Waals surface area contributed by atoms with Crippen LogP contribution in [0.1, 0.15) is 47.3 Å². The number of rotatable bonds is 7. The number of nitrogens with one attached hydrogen (secondary N) is 1. The zero-order chi connectivity index (χ0) is 21.9. The lowest BCUT2D eigenvalue weighted by Crippen LogP contribution is -2.31. The number of likely N-dealkylation sites (tertiary alicyclic amines) is 1. The van der Waals surface area contributed by atoms with Gasteiger partial charge in [-0.15, -0.1) is 0 Å². The Morgan fingerprint density at radius 1 is 1.13 bits per heavy atom. The molecule has 1 aliphatic heterocycles. The van der Waals surface area contributed by atoms with Crippen molar-refractivity contribution in [3.63, 3.8) is 0 Å². The molecular formula is C22H28N2O5S. The van der Waals surface area contributed by atoms with Gasteiger partial charge < -0.3 is 14.4 Å². The van der Waals surface area contributed by atoms with Gasteiger partial charge in [0.1, 0.15) is 0 Å². The number of amides is 1. The van der Waals surface area contributed by atoms with E-state index in [4.69, 9.17) is 9.47 Å². The molecule has 30 heavy (non-hydrogen) atoms. The van der Waals surface area contributed by atoms with Crippen LogP contribution in [-0.2, 0) is 10.0 Å². The average Bonchev–Trinajstić information content (AvgIpc) is 3.22. The van der Waals surface area contributed by atoms with Gasteiger partial charge in [0.2, 0.25) is 10.0 Å². The molecule has 0 aromatic heterocycles. The molecule has 1 amide bonds. The van der Waals surface area contributed by atoms with E-state index >= 15 is 0 Å². The third-order valence-corrected chi connectivity index (χ3v) is 6.93. The number of carbonyl (C=O) groups is 1. The van der Waals surface area contributed by atoms with E-state index in [1.54, 1.807) is 27.2 Å². The first kappa shape index (κ1) is 22.1. The lowest BCUT2D eigenvalue weighted by Gasteiger charge is -2.26. The maximum atomic E-state index is 13.4. The van der Waals surface area contributed by atoms with E-state index in [9.17, 15) is 13.2 Å². The van der Waals surface area contributed by atoms with Crippen LogP contribution in [0.4, 0.5) is 0 Å². The fraction of sp³-hybridized carbons (Fsp3) is 0.409. The summed E-state index contributed by atoms with van der Waals surface area (Å²) >= 11 is 0. The van der Waals surface area contributed by atoms with Crippen LogP contribution in [0.3, 0.4) is 0 Å². The van der Waals surface area contributed by atoms with Gasteiger partial charge in [-0.2, -0.15) is 0 Å². The first-order valence-corrected chi connectivity index (χ1v) is 11.4. The Bertz CT molecular complexity index is 1040. The molecule has 8 heteroatoms. The fourth-order valence-corrected chi connectivity index (χ4v) is 4.91. The number of aryl methyl sites for hydroxylation is 1. The minimum absolute atomic E-state index is 0.0974. The Morgan fingerprint density at radius 3 is 2.53 bits per heavy atom. The summed E-state index contributed by atoms with van der Waals surface area (Å²) in [5, 5.41) is 0. The summed E-state index contributed by atoms with van der Waals surface area (Å²) in [6.07, 6.45) is 1.70. The van der Waals surface area contributed by atoms with Crippen molar-refractivity contribution in [1.29, 1.82) is 0 Å². The van der Waals surface area contributed by atoms with Crippen molar-refractivity contribution < 1.29 is 22.7 Å². The van der Waals surface area contributed by atoms with Gasteiger partial charge in [0.15, 0.2) is 11.5 Å². The van der Waals surface area contributed by atoms with Crippen LogP contribution in [0.25, 0.3) is 0 Å². The maximum absolute atomic E-state index is 13.4. The van der Waals surface area contributed by atoms with Crippen LogP contribution in [0.15, 0.2) is 41.3 Å². The summed E-state index contributed by atoms with van der Waals surface area (Å²) in [6.45, 7) is 4.43. The van der Waals surface area contributed by atoms with Crippen LogP contribution in [-0.4, -0.2) is 46.5 Å². The monoisotopic (exact) mass is 432 g/mol. The van der Waals surface area contributed by atoms with Gasteiger partial charge in [-0.3, -0.25) is 4.79 Å². The molecule has 0 bridgehead atoms. The van der Waals surface area contributed by atoms with Gasteiger partial charge in [0.05, 0.1) is 25.2 Å². The van der Waals surface area contributed by atoms with Crippen molar-refractivity contribution in [1.82, 2.24) is 9.62 Å². The van der Waals surface area contributed by atoms with Gasteiger partial charge in [-0.25, -0.2) is 13.1 Å². The molecule has 0 radical (unpaired) electrons. The van der Waals surface area contributed by atoms with E-state index in [1.165, 1.54) is 12.1 Å². The molecule has 1 N–H and O–H groups in total. The number of sulfonamides is 1. The molecular weight excluding hydrogens is 404 g/mol. The second-order valence-corrected chi connectivity index (χ2v) is 9.02. The van der Waals surface area contributed by atoms with Crippen molar-refractivity contribution in [2.75, 3.05) is 27.3 Å². The van der Waals surface area contributed by atoms with Crippen molar-refractivity contribution >= 4 is 15.9 Å². The highest BCUT2D eigenvalue weighted by molar-refractivity contribution is 7.89. The van der Waals surface area contributed by atoms with Crippen LogP contribution in [0.5, 0.6) is 11.5 Å². The minimum atomic E-state index is -3.64. The molecule has 0 unspecified atom stereocenters. The first-order chi connectivity index (χ1) is 14.3. The van der Waals surface area contributed by atoms with E-state index in [0.717, 1.165) is 24.0 Å². The summed E-state index contributed by atoms with van der Waals surface area (Å²) in [7, 11) is -0.475. The third kappa shape index (κ3) is 4.29. The number of methoxy groups -OCH3 is 2. The van der Waals surface area contributed by atoms with Crippen molar-refractivity contribution in [2.45, 2.75) is 37.6 Å². The zero-order valence-electron chi connectivity index (χ0n) is 17.8. The van der Waals surface area contributed by atoms with Crippen LogP contribution in [0, 0.1) is 6.92 Å². The number of ether oxygens (including phenoxy) is 2. The lowest BCUT2D eigenvalue weighted by atomic mass is 10.0. The smallest absolute Gasteiger partial charge is 0.254 e. The predicted molar refractivity (Wildman–Crippen MR) is 115 cm³/mol. The van der Waals surface area contributed by atoms with E-state index in [1.807, 2.05) is 30.0 Å². The van der Waals surface area contributed by atoms with Gasteiger partial charge >= 0.3 is 0 Å².